The zero-order valence-corrected chi connectivity index (χ0v) is 24.4. The van der Waals surface area contributed by atoms with Gasteiger partial charge in [-0.25, -0.2) is 4.57 Å². The van der Waals surface area contributed by atoms with Crippen LogP contribution in [0.4, 0.5) is 5.82 Å². The molecule has 0 saturated carbocycles. The normalized spacial score (nSPS) is 12.0. The van der Waals surface area contributed by atoms with Gasteiger partial charge >= 0.3 is 0 Å². The molecule has 0 spiro atoms. The molecule has 0 saturated heterocycles. The van der Waals surface area contributed by atoms with Gasteiger partial charge in [-0.2, -0.15) is 0 Å². The SMILES string of the molecule is COc1cc2cc3[n+](c(N(C)C)c2cc1OC)CCc1c-3cc(-c2ccc(-c3ccccc3)cc2)c(OC)c1OC. The molecule has 6 heteroatoms. The monoisotopic (exact) mass is 547 g/mol. The maximum Gasteiger partial charge on any atom is 0.284 e. The highest BCUT2D eigenvalue weighted by molar-refractivity contribution is 5.96. The van der Waals surface area contributed by atoms with Gasteiger partial charge in [0.25, 0.3) is 5.82 Å². The lowest BCUT2D eigenvalue weighted by molar-refractivity contribution is -0.674. The Balaban J connectivity index is 1.59. The van der Waals surface area contributed by atoms with Crippen molar-refractivity contribution in [1.82, 2.24) is 0 Å². The van der Waals surface area contributed by atoms with Crippen LogP contribution in [0, 0.1) is 0 Å². The van der Waals surface area contributed by atoms with Crippen LogP contribution in [-0.4, -0.2) is 42.5 Å². The second-order valence-corrected chi connectivity index (χ2v) is 10.4. The Morgan fingerprint density at radius 2 is 1.27 bits per heavy atom. The highest BCUT2D eigenvalue weighted by atomic mass is 16.5. The number of fused-ring (bicyclic) bond motifs is 4. The molecule has 208 valence electrons. The minimum atomic E-state index is 0.706. The molecule has 6 rings (SSSR count). The summed E-state index contributed by atoms with van der Waals surface area (Å²) in [6.45, 7) is 0.810. The first-order chi connectivity index (χ1) is 20.0. The van der Waals surface area contributed by atoms with Crippen LogP contribution < -0.4 is 28.4 Å². The molecule has 0 aliphatic carbocycles. The quantitative estimate of drug-likeness (QED) is 0.210. The zero-order valence-electron chi connectivity index (χ0n) is 24.4. The molecule has 0 radical (unpaired) electrons. The summed E-state index contributed by atoms with van der Waals surface area (Å²) >= 11 is 0. The van der Waals surface area contributed by atoms with E-state index in [-0.39, 0.29) is 0 Å². The fraction of sp³-hybridized carbons (Fsp3) is 0.229. The number of anilines is 1. The van der Waals surface area contributed by atoms with Crippen LogP contribution in [0.3, 0.4) is 0 Å². The predicted octanol–water partition coefficient (Wildman–Crippen LogP) is 6.78. The first kappa shape index (κ1) is 26.5. The Morgan fingerprint density at radius 1 is 0.634 bits per heavy atom. The minimum absolute atomic E-state index is 0.706. The van der Waals surface area contributed by atoms with Gasteiger partial charge in [0, 0.05) is 29.2 Å². The average molecular weight is 548 g/mol. The molecule has 0 atom stereocenters. The van der Waals surface area contributed by atoms with Crippen LogP contribution in [0.5, 0.6) is 23.0 Å². The molecule has 1 aliphatic rings. The van der Waals surface area contributed by atoms with Crippen LogP contribution in [0.15, 0.2) is 78.9 Å². The van der Waals surface area contributed by atoms with E-state index in [0.29, 0.717) is 11.5 Å². The van der Waals surface area contributed by atoms with Gasteiger partial charge in [-0.3, -0.25) is 4.90 Å². The van der Waals surface area contributed by atoms with Crippen LogP contribution >= 0.6 is 0 Å². The van der Waals surface area contributed by atoms with Crippen molar-refractivity contribution >= 4 is 16.6 Å². The van der Waals surface area contributed by atoms with E-state index in [0.717, 1.165) is 69.0 Å². The third-order valence-electron chi connectivity index (χ3n) is 7.97. The Hall–Kier alpha value is -4.71. The maximum atomic E-state index is 6.06. The molecule has 1 aliphatic heterocycles. The number of hydrogen-bond acceptors (Lipinski definition) is 5. The van der Waals surface area contributed by atoms with E-state index in [1.54, 1.807) is 28.4 Å². The second kappa shape index (κ2) is 10.7. The zero-order chi connectivity index (χ0) is 28.7. The van der Waals surface area contributed by atoms with Gasteiger partial charge in [-0.15, -0.1) is 0 Å². The van der Waals surface area contributed by atoms with Crippen molar-refractivity contribution in [3.8, 4) is 56.5 Å². The van der Waals surface area contributed by atoms with Crippen LogP contribution in [0.25, 0.3) is 44.3 Å². The number of aromatic nitrogens is 1. The fourth-order valence-electron chi connectivity index (χ4n) is 6.11. The minimum Gasteiger partial charge on any atom is -0.493 e. The highest BCUT2D eigenvalue weighted by Gasteiger charge is 2.32. The van der Waals surface area contributed by atoms with E-state index in [1.165, 1.54) is 11.1 Å². The first-order valence-corrected chi connectivity index (χ1v) is 13.7. The molecule has 0 amide bonds. The van der Waals surface area contributed by atoms with Crippen molar-refractivity contribution in [2.45, 2.75) is 13.0 Å². The number of benzene rings is 4. The molecule has 5 aromatic rings. The maximum absolute atomic E-state index is 6.06. The summed E-state index contributed by atoms with van der Waals surface area (Å²) in [6, 6.07) is 27.7. The number of rotatable bonds is 7. The van der Waals surface area contributed by atoms with Crippen LogP contribution in [-0.2, 0) is 13.0 Å². The Labute approximate surface area is 241 Å². The van der Waals surface area contributed by atoms with Crippen LogP contribution in [0.1, 0.15) is 5.56 Å². The van der Waals surface area contributed by atoms with Gasteiger partial charge in [0.15, 0.2) is 23.0 Å². The van der Waals surface area contributed by atoms with Gasteiger partial charge in [-0.1, -0.05) is 54.6 Å². The molecule has 6 nitrogen and oxygen atoms in total. The van der Waals surface area contributed by atoms with Crippen molar-refractivity contribution in [2.75, 3.05) is 47.4 Å². The summed E-state index contributed by atoms with van der Waals surface area (Å²) in [5, 5.41) is 2.19. The summed E-state index contributed by atoms with van der Waals surface area (Å²) in [6.07, 6.45) is 0.819. The molecular formula is C35H35N2O4+. The summed E-state index contributed by atoms with van der Waals surface area (Å²) in [4.78, 5) is 2.17. The van der Waals surface area contributed by atoms with E-state index in [1.807, 2.05) is 6.07 Å². The molecule has 1 aromatic heterocycles. The molecule has 0 N–H and O–H groups in total. The second-order valence-electron chi connectivity index (χ2n) is 10.4. The van der Waals surface area contributed by atoms with E-state index >= 15 is 0 Å². The van der Waals surface area contributed by atoms with Crippen molar-refractivity contribution in [3.63, 3.8) is 0 Å². The predicted molar refractivity (Wildman–Crippen MR) is 165 cm³/mol. The summed E-state index contributed by atoms with van der Waals surface area (Å²) in [5.74, 6) is 4.08. The Bertz CT molecular complexity index is 1750. The van der Waals surface area contributed by atoms with Crippen molar-refractivity contribution in [3.05, 3.63) is 84.4 Å². The lowest BCUT2D eigenvalue weighted by Crippen LogP contribution is -2.45. The molecule has 4 aromatic carbocycles. The summed E-state index contributed by atoms with van der Waals surface area (Å²) in [5.41, 5.74) is 7.84. The topological polar surface area (TPSA) is 44.0 Å². The number of hydrogen-bond donors (Lipinski definition) is 0. The smallest absolute Gasteiger partial charge is 0.284 e. The molecule has 41 heavy (non-hydrogen) atoms. The van der Waals surface area contributed by atoms with Gasteiger partial charge in [0.2, 0.25) is 0 Å². The van der Waals surface area contributed by atoms with Gasteiger partial charge in [0.05, 0.1) is 54.5 Å². The Morgan fingerprint density at radius 3 is 1.90 bits per heavy atom. The average Bonchev–Trinajstić information content (AvgIpc) is 3.02. The van der Waals surface area contributed by atoms with Gasteiger partial charge < -0.3 is 18.9 Å². The summed E-state index contributed by atoms with van der Waals surface area (Å²) < 4.78 is 25.8. The number of nitrogens with zero attached hydrogens (tertiary/aromatic N) is 2. The van der Waals surface area contributed by atoms with E-state index in [9.17, 15) is 0 Å². The van der Waals surface area contributed by atoms with Crippen LogP contribution in [0.2, 0.25) is 0 Å². The largest absolute Gasteiger partial charge is 0.493 e. The lowest BCUT2D eigenvalue weighted by Gasteiger charge is -2.27. The van der Waals surface area contributed by atoms with Gasteiger partial charge in [0.1, 0.15) is 5.69 Å². The number of methoxy groups -OCH3 is 4. The third-order valence-corrected chi connectivity index (χ3v) is 7.97. The third kappa shape index (κ3) is 4.40. The summed E-state index contributed by atoms with van der Waals surface area (Å²) in [7, 11) is 11.0. The van der Waals surface area contributed by atoms with Crippen molar-refractivity contribution < 1.29 is 23.5 Å². The number of pyridine rings is 1. The van der Waals surface area contributed by atoms with E-state index in [4.69, 9.17) is 18.9 Å². The first-order valence-electron chi connectivity index (χ1n) is 13.7. The van der Waals surface area contributed by atoms with Crippen molar-refractivity contribution in [2.24, 2.45) is 0 Å². The molecule has 2 heterocycles. The standard InChI is InChI=1S/C35H35N2O4/c1-36(2)35-28-21-32(39-4)31(38-3)19-25(28)18-30-29-20-27(34(41-6)33(40-5)26(29)16-17-37(30)35)24-14-12-23(13-15-24)22-10-8-7-9-11-22/h7-15,18-21H,16-17H2,1-6H3/q+1. The molecular weight excluding hydrogens is 512 g/mol. The molecule has 0 bridgehead atoms. The number of ether oxygens (including phenoxy) is 4. The van der Waals surface area contributed by atoms with Gasteiger partial charge in [-0.05, 0) is 40.3 Å². The van der Waals surface area contributed by atoms with E-state index < -0.39 is 0 Å². The lowest BCUT2D eigenvalue weighted by atomic mass is 9.89. The fourth-order valence-corrected chi connectivity index (χ4v) is 6.11. The van der Waals surface area contributed by atoms with Crippen molar-refractivity contribution in [1.29, 1.82) is 0 Å². The molecule has 0 fully saturated rings. The molecule has 0 unspecified atom stereocenters. The Kier molecular flexibility index (Phi) is 6.91. The highest BCUT2D eigenvalue weighted by Crippen LogP contribution is 2.48. The van der Waals surface area contributed by atoms with E-state index in [2.05, 4.69) is 96.4 Å².